The summed E-state index contributed by atoms with van der Waals surface area (Å²) in [5.41, 5.74) is 1.77. The minimum atomic E-state index is -0.384. The van der Waals surface area contributed by atoms with Crippen LogP contribution in [-0.4, -0.2) is 17.8 Å². The maximum Gasteiger partial charge on any atom is 0.159 e. The Hall–Kier alpha value is -1.42. The van der Waals surface area contributed by atoms with E-state index in [1.165, 1.54) is 50.5 Å². The maximum atomic E-state index is 5.50. The summed E-state index contributed by atoms with van der Waals surface area (Å²) in [5, 5.41) is 3.58. The van der Waals surface area contributed by atoms with Crippen molar-refractivity contribution in [3.8, 4) is 5.75 Å². The van der Waals surface area contributed by atoms with Crippen molar-refractivity contribution >= 4 is 22.9 Å². The largest absolute Gasteiger partial charge is 0.497 e. The lowest BCUT2D eigenvalue weighted by Crippen LogP contribution is -2.45. The summed E-state index contributed by atoms with van der Waals surface area (Å²) in [4.78, 5) is 5.84. The summed E-state index contributed by atoms with van der Waals surface area (Å²) in [6.45, 7) is 2.02. The van der Waals surface area contributed by atoms with Crippen molar-refractivity contribution in [2.45, 2.75) is 57.5 Å². The second kappa shape index (κ2) is 7.00. The Morgan fingerprint density at radius 3 is 2.22 bits per heavy atom. The van der Waals surface area contributed by atoms with Gasteiger partial charge in [-0.25, -0.2) is 0 Å². The first-order chi connectivity index (χ1) is 11.2. The van der Waals surface area contributed by atoms with E-state index >= 15 is 0 Å². The van der Waals surface area contributed by atoms with Gasteiger partial charge in [0.1, 0.15) is 10.7 Å². The Morgan fingerprint density at radius 2 is 1.70 bits per heavy atom. The van der Waals surface area contributed by atoms with Crippen LogP contribution in [0.25, 0.3) is 0 Å². The van der Waals surface area contributed by atoms with Crippen molar-refractivity contribution in [1.29, 1.82) is 0 Å². The van der Waals surface area contributed by atoms with E-state index in [4.69, 9.17) is 21.9 Å². The molecule has 1 atom stereocenters. The molecule has 0 radical (unpaired) electrons. The van der Waals surface area contributed by atoms with Gasteiger partial charge in [-0.2, -0.15) is 0 Å². The smallest absolute Gasteiger partial charge is 0.159 e. The fourth-order valence-electron chi connectivity index (χ4n) is 3.89. The van der Waals surface area contributed by atoms with Crippen LogP contribution >= 0.6 is 12.2 Å². The summed E-state index contributed by atoms with van der Waals surface area (Å²) >= 11 is 5.50. The molecule has 3 rings (SSSR count). The molecule has 1 saturated carbocycles. The van der Waals surface area contributed by atoms with Gasteiger partial charge in [0.25, 0.3) is 0 Å². The van der Waals surface area contributed by atoms with Crippen LogP contribution in [0.5, 0.6) is 5.75 Å². The van der Waals surface area contributed by atoms with Gasteiger partial charge < -0.3 is 10.1 Å². The first-order valence-corrected chi connectivity index (χ1v) is 9.10. The number of hydrogen-bond donors (Lipinski definition) is 1. The molecule has 1 fully saturated rings. The van der Waals surface area contributed by atoms with Crippen molar-refractivity contribution in [3.63, 3.8) is 0 Å². The molecule has 1 aliphatic carbocycles. The lowest BCUT2D eigenvalue weighted by Gasteiger charge is -2.37. The van der Waals surface area contributed by atoms with Gasteiger partial charge in [0, 0.05) is 11.5 Å². The van der Waals surface area contributed by atoms with Crippen molar-refractivity contribution in [2.24, 2.45) is 10.9 Å². The second-order valence-electron chi connectivity index (χ2n) is 6.69. The van der Waals surface area contributed by atoms with Crippen LogP contribution < -0.4 is 10.1 Å². The average molecular weight is 330 g/mol. The molecule has 0 saturated heterocycles. The zero-order valence-corrected chi connectivity index (χ0v) is 14.9. The maximum absolute atomic E-state index is 5.50. The number of thiocarbonyl (C=S) groups is 1. The number of rotatable bonds is 3. The molecule has 1 aromatic carbocycles. The highest BCUT2D eigenvalue weighted by Crippen LogP contribution is 2.42. The molecule has 0 spiro atoms. The van der Waals surface area contributed by atoms with Crippen LogP contribution in [0.15, 0.2) is 29.3 Å². The predicted octanol–water partition coefficient (Wildman–Crippen LogP) is 4.60. The zero-order valence-electron chi connectivity index (χ0n) is 14.1. The van der Waals surface area contributed by atoms with E-state index in [9.17, 15) is 0 Å². The van der Waals surface area contributed by atoms with Gasteiger partial charge in [-0.15, -0.1) is 0 Å². The first-order valence-electron chi connectivity index (χ1n) is 8.69. The standard InChI is InChI=1S/C19H26N2OS/c1-14-18(23)21-19(20-14,15-8-6-4-3-5-7-9-15)16-10-12-17(22-2)13-11-16/h10-13,15H,3-9H2,1-2H3,(H,21,23). The molecule has 0 bridgehead atoms. The highest BCUT2D eigenvalue weighted by atomic mass is 32.1. The number of nitrogens with one attached hydrogen (secondary N) is 1. The molecule has 0 aromatic heterocycles. The van der Waals surface area contributed by atoms with Crippen molar-refractivity contribution in [1.82, 2.24) is 5.32 Å². The van der Waals surface area contributed by atoms with Gasteiger partial charge in [-0.1, -0.05) is 56.5 Å². The monoisotopic (exact) mass is 330 g/mol. The van der Waals surface area contributed by atoms with Crippen molar-refractivity contribution < 1.29 is 4.74 Å². The van der Waals surface area contributed by atoms with E-state index in [0.29, 0.717) is 5.92 Å². The molecule has 1 N–H and O–H groups in total. The SMILES string of the molecule is COc1ccc(C2(C3CCCCCCC3)N=C(C)C(=S)N2)cc1. The normalized spacial score (nSPS) is 26.2. The molecule has 0 amide bonds. The highest BCUT2D eigenvalue weighted by molar-refractivity contribution is 7.82. The molecule has 4 heteroatoms. The third-order valence-corrected chi connectivity index (χ3v) is 5.60. The Bertz CT molecular complexity index is 588. The molecule has 1 heterocycles. The van der Waals surface area contributed by atoms with Crippen molar-refractivity contribution in [3.05, 3.63) is 29.8 Å². The summed E-state index contributed by atoms with van der Waals surface area (Å²) in [6, 6.07) is 8.31. The van der Waals surface area contributed by atoms with Crippen LogP contribution in [0.4, 0.5) is 0 Å². The highest BCUT2D eigenvalue weighted by Gasteiger charge is 2.44. The third-order valence-electron chi connectivity index (χ3n) is 5.20. The second-order valence-corrected chi connectivity index (χ2v) is 7.10. The number of ether oxygens (including phenoxy) is 1. The lowest BCUT2D eigenvalue weighted by molar-refractivity contribution is 0.212. The molecule has 124 valence electrons. The van der Waals surface area contributed by atoms with E-state index in [0.717, 1.165) is 16.4 Å². The van der Waals surface area contributed by atoms with Crippen LogP contribution in [0.2, 0.25) is 0 Å². The minimum Gasteiger partial charge on any atom is -0.497 e. The van der Waals surface area contributed by atoms with E-state index in [1.807, 2.05) is 19.1 Å². The summed E-state index contributed by atoms with van der Waals surface area (Å²) in [5.74, 6) is 1.37. The van der Waals surface area contributed by atoms with Crippen LogP contribution in [-0.2, 0) is 5.66 Å². The minimum absolute atomic E-state index is 0.384. The van der Waals surface area contributed by atoms with Crippen LogP contribution in [0.3, 0.4) is 0 Å². The molecular formula is C19H26N2OS. The van der Waals surface area contributed by atoms with Gasteiger partial charge in [-0.3, -0.25) is 4.99 Å². The topological polar surface area (TPSA) is 33.6 Å². The third kappa shape index (κ3) is 3.27. The molecule has 1 aromatic rings. The van der Waals surface area contributed by atoms with E-state index in [2.05, 4.69) is 17.4 Å². The average Bonchev–Trinajstić information content (AvgIpc) is 2.83. The lowest BCUT2D eigenvalue weighted by atomic mass is 9.78. The number of hydrogen-bond acceptors (Lipinski definition) is 3. The quantitative estimate of drug-likeness (QED) is 0.822. The summed E-state index contributed by atoms with van der Waals surface area (Å²) in [6.07, 6.45) is 9.02. The van der Waals surface area contributed by atoms with Gasteiger partial charge in [-0.05, 0) is 31.9 Å². The van der Waals surface area contributed by atoms with E-state index in [-0.39, 0.29) is 5.66 Å². The molecule has 2 aliphatic rings. The fourth-order valence-corrected chi connectivity index (χ4v) is 4.09. The predicted molar refractivity (Wildman–Crippen MR) is 99.3 cm³/mol. The Kier molecular flexibility index (Phi) is 5.00. The van der Waals surface area contributed by atoms with Gasteiger partial charge in [0.15, 0.2) is 5.66 Å². The number of nitrogens with zero attached hydrogens (tertiary/aromatic N) is 1. The fraction of sp³-hybridized carbons (Fsp3) is 0.579. The number of aliphatic imine (C=N–C) groups is 1. The summed E-state index contributed by atoms with van der Waals surface area (Å²) in [7, 11) is 1.70. The van der Waals surface area contributed by atoms with Gasteiger partial charge in [0.05, 0.1) is 12.8 Å². The van der Waals surface area contributed by atoms with Gasteiger partial charge in [0.2, 0.25) is 0 Å². The molecular weight excluding hydrogens is 304 g/mol. The zero-order chi connectivity index (χ0) is 16.3. The Balaban J connectivity index is 1.98. The van der Waals surface area contributed by atoms with E-state index < -0.39 is 0 Å². The first kappa shape index (κ1) is 16.4. The Morgan fingerprint density at radius 1 is 1.09 bits per heavy atom. The number of benzene rings is 1. The molecule has 23 heavy (non-hydrogen) atoms. The van der Waals surface area contributed by atoms with E-state index in [1.54, 1.807) is 7.11 Å². The number of methoxy groups -OCH3 is 1. The molecule has 3 nitrogen and oxygen atoms in total. The van der Waals surface area contributed by atoms with Crippen LogP contribution in [0, 0.1) is 5.92 Å². The Labute approximate surface area is 144 Å². The summed E-state index contributed by atoms with van der Waals surface area (Å²) < 4.78 is 5.31. The molecule has 1 aliphatic heterocycles. The van der Waals surface area contributed by atoms with Crippen LogP contribution in [0.1, 0.15) is 57.4 Å². The molecule has 1 unspecified atom stereocenters. The van der Waals surface area contributed by atoms with Gasteiger partial charge >= 0.3 is 0 Å². The van der Waals surface area contributed by atoms with Crippen molar-refractivity contribution in [2.75, 3.05) is 7.11 Å².